The molecule has 5 heteroatoms. The van der Waals surface area contributed by atoms with Crippen LogP contribution < -0.4 is 5.73 Å². The molecule has 1 amide bonds. The van der Waals surface area contributed by atoms with Gasteiger partial charge in [-0.3, -0.25) is 4.79 Å². The Morgan fingerprint density at radius 3 is 2.82 bits per heavy atom. The Morgan fingerprint density at radius 2 is 2.06 bits per heavy atom. The van der Waals surface area contributed by atoms with E-state index in [1.165, 1.54) is 23.3 Å². The van der Waals surface area contributed by atoms with E-state index in [1.54, 1.807) is 6.07 Å². The van der Waals surface area contributed by atoms with Crippen molar-refractivity contribution in [1.29, 1.82) is 0 Å². The van der Waals surface area contributed by atoms with Crippen molar-refractivity contribution in [2.24, 2.45) is 16.6 Å². The number of carbonyl (C=O) groups excluding carboxylic acids is 1. The first-order chi connectivity index (χ1) is 15.9. The van der Waals surface area contributed by atoms with Gasteiger partial charge < -0.3 is 5.73 Å². The summed E-state index contributed by atoms with van der Waals surface area (Å²) >= 11 is 0. The Kier molecular flexibility index (Phi) is 4.28. The van der Waals surface area contributed by atoms with Crippen molar-refractivity contribution in [2.75, 3.05) is 0 Å². The molecule has 3 aromatic rings. The Morgan fingerprint density at radius 1 is 1.21 bits per heavy atom. The third-order valence-corrected chi connectivity index (χ3v) is 8.15. The normalized spacial score (nSPS) is 24.5. The molecule has 1 spiro atoms. The van der Waals surface area contributed by atoms with Gasteiger partial charge in [0.1, 0.15) is 5.82 Å². The number of carbonyl (C=O) groups is 1. The molecule has 4 nitrogen and oxygen atoms in total. The van der Waals surface area contributed by atoms with Crippen LogP contribution in [0, 0.1) is 23.6 Å². The first kappa shape index (κ1) is 20.2. The van der Waals surface area contributed by atoms with Crippen LogP contribution in [0.2, 0.25) is 0 Å². The number of rotatable bonds is 5. The van der Waals surface area contributed by atoms with Crippen LogP contribution in [-0.2, 0) is 12.8 Å². The molecule has 0 unspecified atom stereocenters. The van der Waals surface area contributed by atoms with Crippen LogP contribution >= 0.6 is 0 Å². The predicted octanol–water partition coefficient (Wildman–Crippen LogP) is 5.33. The standard InChI is InChI=1S/C28H26FN3O/c1-18-4-2-5-19(25(18)26(30)33)8-10-27-11-9-21-14-24-20(16-28(21,27)13-12-27)17-31-32(24)23-7-3-6-22(29)15-23/h2-7,12-15,17H,8-11,16H2,1H3,(H2,30,33)/t27-,28+/m1/s1. The van der Waals surface area contributed by atoms with Crippen LogP contribution in [-0.4, -0.2) is 15.7 Å². The number of aryl methyl sites for hydroxylation is 2. The third-order valence-electron chi connectivity index (χ3n) is 8.15. The molecular formula is C28H26FN3O. The fourth-order valence-electron chi connectivity index (χ4n) is 6.42. The molecule has 0 saturated heterocycles. The molecule has 6 rings (SSSR count). The average molecular weight is 440 g/mol. The van der Waals surface area contributed by atoms with Gasteiger partial charge in [-0.15, -0.1) is 0 Å². The summed E-state index contributed by atoms with van der Waals surface area (Å²) in [5.41, 5.74) is 12.9. The lowest BCUT2D eigenvalue weighted by Crippen LogP contribution is -2.45. The Balaban J connectivity index is 1.32. The molecule has 1 fully saturated rings. The number of hydrogen-bond acceptors (Lipinski definition) is 2. The number of allylic oxidation sites excluding steroid dienone is 3. The number of aromatic nitrogens is 2. The summed E-state index contributed by atoms with van der Waals surface area (Å²) in [7, 11) is 0. The van der Waals surface area contributed by atoms with Gasteiger partial charge >= 0.3 is 0 Å². The van der Waals surface area contributed by atoms with Crippen molar-refractivity contribution in [1.82, 2.24) is 9.78 Å². The van der Waals surface area contributed by atoms with Gasteiger partial charge in [-0.1, -0.05) is 42.0 Å². The lowest BCUT2D eigenvalue weighted by molar-refractivity contribution is 0.0998. The number of benzene rings is 2. The van der Waals surface area contributed by atoms with Crippen molar-refractivity contribution in [3.63, 3.8) is 0 Å². The van der Waals surface area contributed by atoms with Crippen molar-refractivity contribution >= 4 is 12.0 Å². The van der Waals surface area contributed by atoms with Gasteiger partial charge in [-0.2, -0.15) is 5.10 Å². The van der Waals surface area contributed by atoms with Crippen LogP contribution in [0.25, 0.3) is 11.8 Å². The van der Waals surface area contributed by atoms with E-state index in [2.05, 4.69) is 23.3 Å². The van der Waals surface area contributed by atoms with Crippen molar-refractivity contribution in [3.8, 4) is 5.69 Å². The van der Waals surface area contributed by atoms with Gasteiger partial charge in [0.05, 0.1) is 17.6 Å². The van der Waals surface area contributed by atoms with Gasteiger partial charge in [0.15, 0.2) is 0 Å². The highest BCUT2D eigenvalue weighted by Gasteiger charge is 2.60. The van der Waals surface area contributed by atoms with E-state index >= 15 is 0 Å². The van der Waals surface area contributed by atoms with E-state index in [0.717, 1.165) is 54.6 Å². The van der Waals surface area contributed by atoms with E-state index in [1.807, 2.05) is 42.1 Å². The molecular weight excluding hydrogens is 413 g/mol. The highest BCUT2D eigenvalue weighted by molar-refractivity contribution is 5.95. The van der Waals surface area contributed by atoms with Crippen LogP contribution in [0.1, 0.15) is 52.0 Å². The monoisotopic (exact) mass is 439 g/mol. The summed E-state index contributed by atoms with van der Waals surface area (Å²) in [6.45, 7) is 1.95. The van der Waals surface area contributed by atoms with E-state index in [-0.39, 0.29) is 22.6 Å². The summed E-state index contributed by atoms with van der Waals surface area (Å²) in [6, 6.07) is 12.6. The van der Waals surface area contributed by atoms with E-state index in [9.17, 15) is 9.18 Å². The molecule has 1 heterocycles. The zero-order chi connectivity index (χ0) is 22.8. The maximum absolute atomic E-state index is 13.8. The molecule has 2 aromatic carbocycles. The smallest absolute Gasteiger partial charge is 0.249 e. The first-order valence-corrected chi connectivity index (χ1v) is 11.6. The minimum absolute atomic E-state index is 0.0204. The minimum Gasteiger partial charge on any atom is -0.366 e. The lowest BCUT2D eigenvalue weighted by Gasteiger charge is -2.52. The van der Waals surface area contributed by atoms with E-state index in [0.29, 0.717) is 5.56 Å². The summed E-state index contributed by atoms with van der Waals surface area (Å²) in [6.07, 6.45) is 13.8. The number of primary amides is 1. The molecule has 33 heavy (non-hydrogen) atoms. The Hall–Kier alpha value is -3.47. The van der Waals surface area contributed by atoms with Crippen LogP contribution in [0.15, 0.2) is 66.4 Å². The lowest BCUT2D eigenvalue weighted by atomic mass is 9.51. The number of nitrogens with zero attached hydrogens (tertiary/aromatic N) is 2. The van der Waals surface area contributed by atoms with Gasteiger partial charge in [-0.05, 0) is 80.0 Å². The summed E-state index contributed by atoms with van der Waals surface area (Å²) < 4.78 is 15.7. The fraction of sp³-hybridized carbons (Fsp3) is 0.286. The zero-order valence-electron chi connectivity index (χ0n) is 18.6. The van der Waals surface area contributed by atoms with Crippen molar-refractivity contribution < 1.29 is 9.18 Å². The second-order valence-electron chi connectivity index (χ2n) is 9.73. The second kappa shape index (κ2) is 7.01. The molecule has 1 aromatic heterocycles. The average Bonchev–Trinajstić information content (AvgIpc) is 3.28. The quantitative estimate of drug-likeness (QED) is 0.547. The molecule has 0 bridgehead atoms. The molecule has 2 N–H and O–H groups in total. The maximum atomic E-state index is 13.8. The van der Waals surface area contributed by atoms with Gasteiger partial charge in [0.25, 0.3) is 0 Å². The largest absolute Gasteiger partial charge is 0.366 e. The second-order valence-corrected chi connectivity index (χ2v) is 9.73. The van der Waals surface area contributed by atoms with Crippen molar-refractivity contribution in [3.05, 3.63) is 100 Å². The molecule has 0 radical (unpaired) electrons. The fourth-order valence-corrected chi connectivity index (χ4v) is 6.42. The summed E-state index contributed by atoms with van der Waals surface area (Å²) in [5, 5.41) is 4.60. The SMILES string of the molecule is Cc1cccc(CC[C@@]23C=C[C@@]24Cc2cnn(-c5cccc(F)c5)c2C=C4CC3)c1C(N)=O. The summed E-state index contributed by atoms with van der Waals surface area (Å²) in [5.74, 6) is -0.608. The van der Waals surface area contributed by atoms with E-state index in [4.69, 9.17) is 5.73 Å². The Bertz CT molecular complexity index is 1370. The highest BCUT2D eigenvalue weighted by atomic mass is 19.1. The molecule has 2 atom stereocenters. The van der Waals surface area contributed by atoms with Crippen LogP contribution in [0.4, 0.5) is 4.39 Å². The van der Waals surface area contributed by atoms with Crippen molar-refractivity contribution in [2.45, 2.75) is 39.0 Å². The number of nitrogens with two attached hydrogens (primary N) is 1. The highest BCUT2D eigenvalue weighted by Crippen LogP contribution is 2.68. The van der Waals surface area contributed by atoms with Crippen LogP contribution in [0.5, 0.6) is 0 Å². The third kappa shape index (κ3) is 2.81. The molecule has 3 aliphatic rings. The minimum atomic E-state index is -0.349. The van der Waals surface area contributed by atoms with Crippen LogP contribution in [0.3, 0.4) is 0 Å². The zero-order valence-corrected chi connectivity index (χ0v) is 18.6. The van der Waals surface area contributed by atoms with Gasteiger partial charge in [0, 0.05) is 16.4 Å². The van der Waals surface area contributed by atoms with Gasteiger partial charge in [0.2, 0.25) is 5.91 Å². The van der Waals surface area contributed by atoms with Gasteiger partial charge in [-0.25, -0.2) is 9.07 Å². The van der Waals surface area contributed by atoms with E-state index < -0.39 is 0 Å². The number of hydrogen-bond donors (Lipinski definition) is 1. The Labute approximate surface area is 192 Å². The predicted molar refractivity (Wildman–Crippen MR) is 126 cm³/mol. The number of fused-ring (bicyclic) bond motifs is 1. The number of amides is 1. The molecule has 3 aliphatic carbocycles. The molecule has 166 valence electrons. The number of halogens is 1. The molecule has 1 saturated carbocycles. The molecule has 0 aliphatic heterocycles. The topological polar surface area (TPSA) is 60.9 Å². The maximum Gasteiger partial charge on any atom is 0.249 e. The summed E-state index contributed by atoms with van der Waals surface area (Å²) in [4.78, 5) is 12.1. The first-order valence-electron chi connectivity index (χ1n) is 11.6.